The van der Waals surface area contributed by atoms with Crippen LogP contribution in [0.25, 0.3) is 0 Å². The van der Waals surface area contributed by atoms with Crippen LogP contribution in [0.1, 0.15) is 12.0 Å². The highest BCUT2D eigenvalue weighted by atomic mass is 19.1. The van der Waals surface area contributed by atoms with Crippen LogP contribution in [-0.2, 0) is 16.1 Å². The number of alkyl halides is 1. The summed E-state index contributed by atoms with van der Waals surface area (Å²) in [7, 11) is 3.14. The smallest absolute Gasteiger partial charge is 0.225 e. The van der Waals surface area contributed by atoms with Crippen molar-refractivity contribution in [2.75, 3.05) is 34.0 Å². The van der Waals surface area contributed by atoms with Crippen LogP contribution in [0.5, 0.6) is 11.5 Å². The Labute approximate surface area is 123 Å². The Balaban J connectivity index is 2.16. The molecule has 1 aromatic rings. The van der Waals surface area contributed by atoms with Crippen LogP contribution in [0.15, 0.2) is 18.2 Å². The number of benzene rings is 1. The van der Waals surface area contributed by atoms with Crippen LogP contribution in [-0.4, -0.2) is 51.0 Å². The Morgan fingerprint density at radius 1 is 1.38 bits per heavy atom. The van der Waals surface area contributed by atoms with E-state index in [1.165, 1.54) is 0 Å². The topological polar surface area (TPSA) is 48.0 Å². The average molecular weight is 297 g/mol. The molecule has 1 aromatic carbocycles. The highest BCUT2D eigenvalue weighted by molar-refractivity contribution is 5.76. The third kappa shape index (κ3) is 3.85. The molecular weight excluding hydrogens is 277 g/mol. The summed E-state index contributed by atoms with van der Waals surface area (Å²) in [5, 5.41) is 0. The fourth-order valence-electron chi connectivity index (χ4n) is 2.31. The average Bonchev–Trinajstić information content (AvgIpc) is 2.69. The maximum atomic E-state index is 12.8. The van der Waals surface area contributed by atoms with Crippen molar-refractivity contribution in [3.8, 4) is 11.5 Å². The lowest BCUT2D eigenvalue weighted by atomic mass is 10.1. The summed E-state index contributed by atoms with van der Waals surface area (Å²) in [5.41, 5.74) is 0.853. The largest absolute Gasteiger partial charge is 0.497 e. The van der Waals surface area contributed by atoms with Gasteiger partial charge in [0.05, 0.1) is 27.2 Å². The Morgan fingerprint density at radius 3 is 2.86 bits per heavy atom. The molecule has 1 amide bonds. The van der Waals surface area contributed by atoms with Gasteiger partial charge in [0, 0.05) is 24.7 Å². The second-order valence-corrected chi connectivity index (χ2v) is 4.85. The molecule has 6 heteroatoms. The van der Waals surface area contributed by atoms with Crippen molar-refractivity contribution in [3.05, 3.63) is 23.8 Å². The molecule has 1 heterocycles. The highest BCUT2D eigenvalue weighted by Crippen LogP contribution is 2.26. The first-order chi connectivity index (χ1) is 10.2. The van der Waals surface area contributed by atoms with E-state index < -0.39 is 12.8 Å². The number of carbonyl (C=O) groups excluding carboxylic acids is 1. The molecular formula is C15H20FNO4. The molecule has 0 unspecified atom stereocenters. The molecule has 1 atom stereocenters. The number of rotatable bonds is 5. The zero-order valence-corrected chi connectivity index (χ0v) is 12.3. The van der Waals surface area contributed by atoms with E-state index in [1.54, 1.807) is 25.2 Å². The van der Waals surface area contributed by atoms with Crippen LogP contribution in [0.2, 0.25) is 0 Å². The maximum Gasteiger partial charge on any atom is 0.225 e. The van der Waals surface area contributed by atoms with Gasteiger partial charge in [0.15, 0.2) is 0 Å². The first kappa shape index (κ1) is 15.6. The number of halogens is 1. The molecule has 0 bridgehead atoms. The predicted molar refractivity (Wildman–Crippen MR) is 75.3 cm³/mol. The van der Waals surface area contributed by atoms with E-state index in [-0.39, 0.29) is 25.5 Å². The molecule has 0 aromatic heterocycles. The van der Waals surface area contributed by atoms with Gasteiger partial charge in [0.1, 0.15) is 24.3 Å². The van der Waals surface area contributed by atoms with Gasteiger partial charge in [-0.1, -0.05) is 0 Å². The van der Waals surface area contributed by atoms with Gasteiger partial charge >= 0.3 is 0 Å². The summed E-state index contributed by atoms with van der Waals surface area (Å²) in [6, 6.07) is 5.42. The standard InChI is InChI=1S/C15H20FNO4/c1-19-12-4-3-11(14(7-12)20-2)9-17-10-13(8-16)21-6-5-15(17)18/h3-4,7,13H,5-6,8-10H2,1-2H3/t13-/m1/s1. The van der Waals surface area contributed by atoms with Crippen LogP contribution in [0, 0.1) is 0 Å². The van der Waals surface area contributed by atoms with Crippen LogP contribution < -0.4 is 9.47 Å². The minimum absolute atomic E-state index is 0.0381. The summed E-state index contributed by atoms with van der Waals surface area (Å²) in [6.07, 6.45) is -0.282. The van der Waals surface area contributed by atoms with Gasteiger partial charge in [0.2, 0.25) is 5.91 Å². The number of hydrogen-bond donors (Lipinski definition) is 0. The molecule has 21 heavy (non-hydrogen) atoms. The molecule has 0 aliphatic carbocycles. The lowest BCUT2D eigenvalue weighted by Gasteiger charge is -2.24. The number of ether oxygens (including phenoxy) is 3. The number of carbonyl (C=O) groups is 1. The van der Waals surface area contributed by atoms with Crippen LogP contribution in [0.4, 0.5) is 4.39 Å². The normalized spacial score (nSPS) is 19.3. The molecule has 0 radical (unpaired) electrons. The van der Waals surface area contributed by atoms with E-state index in [4.69, 9.17) is 14.2 Å². The fraction of sp³-hybridized carbons (Fsp3) is 0.533. The number of hydrogen-bond acceptors (Lipinski definition) is 4. The van der Waals surface area contributed by atoms with Gasteiger partial charge in [-0.2, -0.15) is 0 Å². The van der Waals surface area contributed by atoms with Gasteiger partial charge in [-0.25, -0.2) is 4.39 Å². The summed E-state index contributed by atoms with van der Waals surface area (Å²) >= 11 is 0. The first-order valence-corrected chi connectivity index (χ1v) is 6.84. The van der Waals surface area contributed by atoms with Crippen molar-refractivity contribution in [1.29, 1.82) is 0 Å². The monoisotopic (exact) mass is 297 g/mol. The number of amides is 1. The minimum atomic E-state index is -0.594. The van der Waals surface area contributed by atoms with Gasteiger partial charge < -0.3 is 19.1 Å². The van der Waals surface area contributed by atoms with Gasteiger partial charge in [-0.3, -0.25) is 4.79 Å². The predicted octanol–water partition coefficient (Wildman–Crippen LogP) is 1.79. The van der Waals surface area contributed by atoms with Crippen molar-refractivity contribution >= 4 is 5.91 Å². The van der Waals surface area contributed by atoms with Crippen LogP contribution in [0.3, 0.4) is 0 Å². The zero-order valence-electron chi connectivity index (χ0n) is 12.3. The summed E-state index contributed by atoms with van der Waals surface area (Å²) in [4.78, 5) is 13.7. The fourth-order valence-corrected chi connectivity index (χ4v) is 2.31. The zero-order chi connectivity index (χ0) is 15.2. The SMILES string of the molecule is COc1ccc(CN2C[C@@H](CF)OCCC2=O)c(OC)c1. The third-order valence-corrected chi connectivity index (χ3v) is 3.47. The molecule has 1 saturated heterocycles. The highest BCUT2D eigenvalue weighted by Gasteiger charge is 2.24. The quantitative estimate of drug-likeness (QED) is 0.831. The van der Waals surface area contributed by atoms with Gasteiger partial charge in [0.25, 0.3) is 0 Å². The minimum Gasteiger partial charge on any atom is -0.497 e. The molecule has 1 fully saturated rings. The second kappa shape index (κ2) is 7.26. The summed E-state index contributed by atoms with van der Waals surface area (Å²) in [5.74, 6) is 1.29. The van der Waals surface area contributed by atoms with Crippen molar-refractivity contribution in [2.45, 2.75) is 19.1 Å². The number of nitrogens with zero attached hydrogens (tertiary/aromatic N) is 1. The molecule has 1 aliphatic rings. The Hall–Kier alpha value is -1.82. The van der Waals surface area contributed by atoms with E-state index in [0.29, 0.717) is 18.0 Å². The van der Waals surface area contributed by atoms with Crippen molar-refractivity contribution in [3.63, 3.8) is 0 Å². The van der Waals surface area contributed by atoms with E-state index in [2.05, 4.69) is 0 Å². The molecule has 5 nitrogen and oxygen atoms in total. The van der Waals surface area contributed by atoms with Gasteiger partial charge in [-0.05, 0) is 12.1 Å². The van der Waals surface area contributed by atoms with Crippen molar-refractivity contribution < 1.29 is 23.4 Å². The Kier molecular flexibility index (Phi) is 5.38. The van der Waals surface area contributed by atoms with Crippen molar-refractivity contribution in [2.24, 2.45) is 0 Å². The van der Waals surface area contributed by atoms with Crippen LogP contribution >= 0.6 is 0 Å². The van der Waals surface area contributed by atoms with E-state index in [0.717, 1.165) is 5.56 Å². The summed E-state index contributed by atoms with van der Waals surface area (Å²) in [6.45, 7) is 0.295. The maximum absolute atomic E-state index is 12.8. The molecule has 2 rings (SSSR count). The Bertz CT molecular complexity index is 495. The Morgan fingerprint density at radius 2 is 2.19 bits per heavy atom. The molecule has 0 N–H and O–H groups in total. The lowest BCUT2D eigenvalue weighted by molar-refractivity contribution is -0.131. The van der Waals surface area contributed by atoms with E-state index in [9.17, 15) is 9.18 Å². The third-order valence-electron chi connectivity index (χ3n) is 3.47. The second-order valence-electron chi connectivity index (χ2n) is 4.85. The molecule has 116 valence electrons. The first-order valence-electron chi connectivity index (χ1n) is 6.84. The molecule has 0 saturated carbocycles. The van der Waals surface area contributed by atoms with E-state index in [1.807, 2.05) is 12.1 Å². The molecule has 1 aliphatic heterocycles. The van der Waals surface area contributed by atoms with Crippen molar-refractivity contribution in [1.82, 2.24) is 4.90 Å². The lowest BCUT2D eigenvalue weighted by Crippen LogP contribution is -2.35. The summed E-state index contributed by atoms with van der Waals surface area (Å²) < 4.78 is 28.6. The van der Waals surface area contributed by atoms with E-state index >= 15 is 0 Å². The molecule has 0 spiro atoms. The number of methoxy groups -OCH3 is 2. The van der Waals surface area contributed by atoms with Gasteiger partial charge in [-0.15, -0.1) is 0 Å².